The lowest BCUT2D eigenvalue weighted by molar-refractivity contribution is 0.0182. The molecule has 1 aromatic heterocycles. The Morgan fingerprint density at radius 1 is 1.37 bits per heavy atom. The lowest BCUT2D eigenvalue weighted by Crippen LogP contribution is -2.34. The van der Waals surface area contributed by atoms with Crippen LogP contribution in [0.4, 0.5) is 8.78 Å². The molecule has 0 aliphatic heterocycles. The molecule has 0 aliphatic rings. The van der Waals surface area contributed by atoms with E-state index < -0.39 is 13.0 Å². The first kappa shape index (κ1) is 16.0. The molecule has 1 aromatic rings. The molecule has 0 saturated heterocycles. The highest BCUT2D eigenvalue weighted by Crippen LogP contribution is 2.29. The SMILES string of the molecule is CCC(CC)(CN)c1nc(CCOCC(F)F)no1. The average Bonchev–Trinajstić information content (AvgIpc) is 2.87. The van der Waals surface area contributed by atoms with E-state index in [4.69, 9.17) is 15.0 Å². The fourth-order valence-corrected chi connectivity index (χ4v) is 1.84. The molecule has 0 unspecified atom stereocenters. The maximum absolute atomic E-state index is 11.9. The van der Waals surface area contributed by atoms with E-state index in [1.54, 1.807) is 0 Å². The van der Waals surface area contributed by atoms with Gasteiger partial charge in [-0.3, -0.25) is 0 Å². The highest BCUT2D eigenvalue weighted by molar-refractivity contribution is 5.05. The molecule has 7 heteroatoms. The molecular weight excluding hydrogens is 256 g/mol. The highest BCUT2D eigenvalue weighted by atomic mass is 19.3. The van der Waals surface area contributed by atoms with Crippen molar-refractivity contribution in [3.63, 3.8) is 0 Å². The number of hydrogen-bond acceptors (Lipinski definition) is 5. The van der Waals surface area contributed by atoms with Gasteiger partial charge in [0.15, 0.2) is 5.82 Å². The van der Waals surface area contributed by atoms with Crippen molar-refractivity contribution in [3.8, 4) is 0 Å². The van der Waals surface area contributed by atoms with Gasteiger partial charge in [-0.25, -0.2) is 8.78 Å². The molecule has 19 heavy (non-hydrogen) atoms. The van der Waals surface area contributed by atoms with Crippen LogP contribution in [0.25, 0.3) is 0 Å². The Balaban J connectivity index is 2.56. The predicted molar refractivity (Wildman–Crippen MR) is 66.1 cm³/mol. The van der Waals surface area contributed by atoms with Gasteiger partial charge in [-0.15, -0.1) is 0 Å². The number of nitrogens with two attached hydrogens (primary N) is 1. The molecular formula is C12H21F2N3O2. The average molecular weight is 277 g/mol. The summed E-state index contributed by atoms with van der Waals surface area (Å²) in [7, 11) is 0. The first-order valence-electron chi connectivity index (χ1n) is 6.47. The van der Waals surface area contributed by atoms with E-state index in [0.717, 1.165) is 12.8 Å². The Labute approximate surface area is 111 Å². The third-order valence-corrected chi connectivity index (χ3v) is 3.38. The molecule has 0 saturated carbocycles. The van der Waals surface area contributed by atoms with E-state index in [1.807, 2.05) is 13.8 Å². The minimum atomic E-state index is -2.45. The maximum atomic E-state index is 11.9. The van der Waals surface area contributed by atoms with Crippen LogP contribution >= 0.6 is 0 Å². The van der Waals surface area contributed by atoms with Crippen LogP contribution < -0.4 is 5.73 Å². The Morgan fingerprint density at radius 3 is 2.58 bits per heavy atom. The summed E-state index contributed by atoms with van der Waals surface area (Å²) in [5, 5.41) is 3.83. The number of halogens is 2. The summed E-state index contributed by atoms with van der Waals surface area (Å²) >= 11 is 0. The second kappa shape index (κ2) is 7.49. The van der Waals surface area contributed by atoms with Crippen molar-refractivity contribution in [3.05, 3.63) is 11.7 Å². The van der Waals surface area contributed by atoms with E-state index in [9.17, 15) is 8.78 Å². The largest absolute Gasteiger partial charge is 0.375 e. The molecule has 0 aromatic carbocycles. The van der Waals surface area contributed by atoms with Crippen molar-refractivity contribution in [1.29, 1.82) is 0 Å². The number of alkyl halides is 2. The van der Waals surface area contributed by atoms with Crippen LogP contribution in [0.15, 0.2) is 4.52 Å². The van der Waals surface area contributed by atoms with Crippen LogP contribution in [-0.4, -0.2) is 36.3 Å². The van der Waals surface area contributed by atoms with Crippen LogP contribution in [-0.2, 0) is 16.6 Å². The third-order valence-electron chi connectivity index (χ3n) is 3.38. The van der Waals surface area contributed by atoms with Gasteiger partial charge >= 0.3 is 0 Å². The van der Waals surface area contributed by atoms with Crippen molar-refractivity contribution >= 4 is 0 Å². The summed E-state index contributed by atoms with van der Waals surface area (Å²) < 4.78 is 33.8. The highest BCUT2D eigenvalue weighted by Gasteiger charge is 2.33. The lowest BCUT2D eigenvalue weighted by Gasteiger charge is -2.24. The van der Waals surface area contributed by atoms with Crippen LogP contribution in [0.5, 0.6) is 0 Å². The van der Waals surface area contributed by atoms with Gasteiger partial charge in [0.05, 0.1) is 12.0 Å². The zero-order valence-corrected chi connectivity index (χ0v) is 11.4. The molecule has 0 aliphatic carbocycles. The Bertz CT molecular complexity index is 359. The van der Waals surface area contributed by atoms with E-state index in [-0.39, 0.29) is 12.0 Å². The normalized spacial score (nSPS) is 12.3. The van der Waals surface area contributed by atoms with Gasteiger partial charge in [-0.05, 0) is 12.8 Å². The van der Waals surface area contributed by atoms with Gasteiger partial charge in [-0.2, -0.15) is 4.98 Å². The molecule has 1 heterocycles. The van der Waals surface area contributed by atoms with Crippen LogP contribution in [0.3, 0.4) is 0 Å². The Kier molecular flexibility index (Phi) is 6.30. The topological polar surface area (TPSA) is 74.2 Å². The minimum absolute atomic E-state index is 0.150. The number of ether oxygens (including phenoxy) is 1. The second-order valence-electron chi connectivity index (χ2n) is 4.42. The summed E-state index contributed by atoms with van der Waals surface area (Å²) in [6, 6.07) is 0. The van der Waals surface area contributed by atoms with E-state index in [1.165, 1.54) is 0 Å². The number of aromatic nitrogens is 2. The summed E-state index contributed by atoms with van der Waals surface area (Å²) in [4.78, 5) is 4.29. The Morgan fingerprint density at radius 2 is 2.05 bits per heavy atom. The second-order valence-corrected chi connectivity index (χ2v) is 4.42. The third kappa shape index (κ3) is 4.21. The van der Waals surface area contributed by atoms with Crippen molar-refractivity contribution in [1.82, 2.24) is 10.1 Å². The van der Waals surface area contributed by atoms with Gasteiger partial charge < -0.3 is 15.0 Å². The summed E-state index contributed by atoms with van der Waals surface area (Å²) in [6.45, 7) is 4.06. The van der Waals surface area contributed by atoms with Gasteiger partial charge in [-0.1, -0.05) is 19.0 Å². The fourth-order valence-electron chi connectivity index (χ4n) is 1.84. The maximum Gasteiger partial charge on any atom is 0.261 e. The summed E-state index contributed by atoms with van der Waals surface area (Å²) in [5.41, 5.74) is 5.49. The molecule has 0 radical (unpaired) electrons. The molecule has 0 spiro atoms. The molecule has 0 fully saturated rings. The summed E-state index contributed by atoms with van der Waals surface area (Å²) in [6.07, 6.45) is -0.483. The zero-order valence-electron chi connectivity index (χ0n) is 11.4. The van der Waals surface area contributed by atoms with Crippen molar-refractivity contribution in [2.75, 3.05) is 19.8 Å². The molecule has 0 atom stereocenters. The van der Waals surface area contributed by atoms with Gasteiger partial charge in [0.1, 0.15) is 6.61 Å². The standard InChI is InChI=1S/C12H21F2N3O2/c1-3-12(4-2,8-15)11-16-10(17-19-11)5-6-18-7-9(13)14/h9H,3-8,15H2,1-2H3. The van der Waals surface area contributed by atoms with Crippen LogP contribution in [0.1, 0.15) is 38.4 Å². The van der Waals surface area contributed by atoms with Gasteiger partial charge in [0.25, 0.3) is 6.43 Å². The molecule has 0 bridgehead atoms. The molecule has 1 rings (SSSR count). The van der Waals surface area contributed by atoms with Crippen molar-refractivity contribution in [2.24, 2.45) is 5.73 Å². The van der Waals surface area contributed by atoms with E-state index in [0.29, 0.717) is 24.7 Å². The monoisotopic (exact) mass is 277 g/mol. The first-order chi connectivity index (χ1) is 9.07. The first-order valence-corrected chi connectivity index (χ1v) is 6.47. The van der Waals surface area contributed by atoms with Crippen LogP contribution in [0, 0.1) is 0 Å². The number of nitrogens with zero attached hydrogens (tertiary/aromatic N) is 2. The smallest absolute Gasteiger partial charge is 0.261 e. The molecule has 2 N–H and O–H groups in total. The minimum Gasteiger partial charge on any atom is -0.375 e. The fraction of sp³-hybridized carbons (Fsp3) is 0.833. The van der Waals surface area contributed by atoms with Crippen molar-refractivity contribution in [2.45, 2.75) is 45.0 Å². The molecule has 5 nitrogen and oxygen atoms in total. The quantitative estimate of drug-likeness (QED) is 0.698. The van der Waals surface area contributed by atoms with E-state index >= 15 is 0 Å². The summed E-state index contributed by atoms with van der Waals surface area (Å²) in [5.74, 6) is 0.979. The van der Waals surface area contributed by atoms with Gasteiger partial charge in [0, 0.05) is 13.0 Å². The molecule has 0 amide bonds. The van der Waals surface area contributed by atoms with E-state index in [2.05, 4.69) is 10.1 Å². The molecule has 110 valence electrons. The number of rotatable bonds is 9. The van der Waals surface area contributed by atoms with Gasteiger partial charge in [0.2, 0.25) is 5.89 Å². The zero-order chi connectivity index (χ0) is 14.3. The van der Waals surface area contributed by atoms with Crippen molar-refractivity contribution < 1.29 is 18.0 Å². The predicted octanol–water partition coefficient (Wildman–Crippen LogP) is 1.91. The lowest BCUT2D eigenvalue weighted by atomic mass is 9.82. The van der Waals surface area contributed by atoms with Crippen LogP contribution in [0.2, 0.25) is 0 Å². The number of hydrogen-bond donors (Lipinski definition) is 1. The Hall–Kier alpha value is -1.08.